The summed E-state index contributed by atoms with van der Waals surface area (Å²) in [6, 6.07) is -0.671. The summed E-state index contributed by atoms with van der Waals surface area (Å²) in [5.41, 5.74) is 0.159. The zero-order valence-electron chi connectivity index (χ0n) is 9.03. The molecular formula is C9H20NO3P. The van der Waals surface area contributed by atoms with Gasteiger partial charge >= 0.3 is 5.97 Å². The molecule has 0 saturated carbocycles. The van der Waals surface area contributed by atoms with Gasteiger partial charge in [-0.2, -0.15) is 0 Å². The van der Waals surface area contributed by atoms with Gasteiger partial charge in [-0.05, 0) is 13.3 Å². The largest absolute Gasteiger partial charge is 0.480 e. The van der Waals surface area contributed by atoms with Crippen molar-refractivity contribution in [2.45, 2.75) is 51.7 Å². The molecule has 0 aliphatic rings. The van der Waals surface area contributed by atoms with Crippen molar-refractivity contribution < 1.29 is 14.8 Å². The molecule has 0 aliphatic heterocycles. The van der Waals surface area contributed by atoms with E-state index in [1.54, 1.807) is 6.92 Å². The van der Waals surface area contributed by atoms with Crippen LogP contribution in [0.2, 0.25) is 0 Å². The van der Waals surface area contributed by atoms with Crippen molar-refractivity contribution in [1.82, 2.24) is 5.09 Å². The molecule has 0 aromatic carbocycles. The topological polar surface area (TPSA) is 69.6 Å². The van der Waals surface area contributed by atoms with Crippen LogP contribution >= 0.6 is 8.30 Å². The fourth-order valence-corrected chi connectivity index (χ4v) is 2.19. The number of nitrogens with one attached hydrogen (secondary N) is 1. The van der Waals surface area contributed by atoms with E-state index in [2.05, 4.69) is 12.0 Å². The molecule has 0 heterocycles. The number of hydrogen-bond acceptors (Lipinski definition) is 3. The zero-order valence-corrected chi connectivity index (χ0v) is 9.92. The van der Waals surface area contributed by atoms with E-state index in [0.29, 0.717) is 0 Å². The van der Waals surface area contributed by atoms with Crippen molar-refractivity contribution >= 4 is 14.3 Å². The number of carboxylic acid groups (broad SMARTS) is 1. The SMILES string of the molecule is CCCCC(C)P(O)NC(C)C(=O)O. The minimum Gasteiger partial charge on any atom is -0.480 e. The Morgan fingerprint density at radius 2 is 2.07 bits per heavy atom. The van der Waals surface area contributed by atoms with Crippen LogP contribution in [0.5, 0.6) is 0 Å². The maximum Gasteiger partial charge on any atom is 0.320 e. The Morgan fingerprint density at radius 1 is 1.50 bits per heavy atom. The van der Waals surface area contributed by atoms with Gasteiger partial charge in [-0.3, -0.25) is 9.88 Å². The Kier molecular flexibility index (Phi) is 7.06. The molecule has 0 saturated heterocycles. The van der Waals surface area contributed by atoms with Crippen LogP contribution in [0.3, 0.4) is 0 Å². The van der Waals surface area contributed by atoms with Crippen LogP contribution in [0, 0.1) is 0 Å². The molecule has 0 spiro atoms. The molecule has 0 amide bonds. The highest BCUT2D eigenvalue weighted by atomic mass is 31.2. The second-order valence-corrected chi connectivity index (χ2v) is 5.35. The quantitative estimate of drug-likeness (QED) is 0.574. The van der Waals surface area contributed by atoms with Gasteiger partial charge in [-0.1, -0.05) is 26.7 Å². The summed E-state index contributed by atoms with van der Waals surface area (Å²) < 4.78 is 0. The lowest BCUT2D eigenvalue weighted by molar-refractivity contribution is -0.138. The van der Waals surface area contributed by atoms with Crippen LogP contribution in [0.15, 0.2) is 0 Å². The fraction of sp³-hybridized carbons (Fsp3) is 0.889. The summed E-state index contributed by atoms with van der Waals surface area (Å²) in [5, 5.41) is 11.3. The first-order valence-corrected chi connectivity index (χ1v) is 6.32. The van der Waals surface area contributed by atoms with Crippen molar-refractivity contribution in [3.8, 4) is 0 Å². The molecule has 0 aliphatic carbocycles. The Hall–Kier alpha value is -0.180. The van der Waals surface area contributed by atoms with E-state index in [1.165, 1.54) is 0 Å². The first kappa shape index (κ1) is 13.8. The van der Waals surface area contributed by atoms with E-state index in [4.69, 9.17) is 5.11 Å². The van der Waals surface area contributed by atoms with Crippen LogP contribution in [-0.2, 0) is 4.79 Å². The number of hydrogen-bond donors (Lipinski definition) is 3. The molecule has 3 unspecified atom stereocenters. The molecule has 0 aromatic heterocycles. The third-order valence-corrected chi connectivity index (χ3v) is 3.83. The molecule has 84 valence electrons. The summed E-state index contributed by atoms with van der Waals surface area (Å²) >= 11 is 0. The zero-order chi connectivity index (χ0) is 11.1. The highest BCUT2D eigenvalue weighted by Crippen LogP contribution is 2.35. The minimum atomic E-state index is -1.36. The molecule has 0 fully saturated rings. The lowest BCUT2D eigenvalue weighted by Gasteiger charge is -2.21. The maximum absolute atomic E-state index is 10.5. The van der Waals surface area contributed by atoms with Crippen molar-refractivity contribution in [3.05, 3.63) is 0 Å². The first-order valence-electron chi connectivity index (χ1n) is 4.96. The Morgan fingerprint density at radius 3 is 2.50 bits per heavy atom. The standard InChI is InChI=1S/C9H20NO3P/c1-4-5-6-7(2)14(13)10-8(3)9(11)12/h7-8,10,13H,4-6H2,1-3H3,(H,11,12). The van der Waals surface area contributed by atoms with Crippen molar-refractivity contribution in [2.75, 3.05) is 0 Å². The molecule has 5 heteroatoms. The first-order chi connectivity index (χ1) is 6.49. The van der Waals surface area contributed by atoms with Gasteiger partial charge in [0.05, 0.1) is 0 Å². The van der Waals surface area contributed by atoms with Crippen molar-refractivity contribution in [2.24, 2.45) is 0 Å². The van der Waals surface area contributed by atoms with E-state index in [1.807, 2.05) is 6.92 Å². The second kappa shape index (κ2) is 7.16. The normalized spacial score (nSPS) is 17.4. The van der Waals surface area contributed by atoms with Gasteiger partial charge in [-0.25, -0.2) is 0 Å². The molecular weight excluding hydrogens is 201 g/mol. The van der Waals surface area contributed by atoms with Crippen LogP contribution in [0.4, 0.5) is 0 Å². The van der Waals surface area contributed by atoms with Crippen molar-refractivity contribution in [1.29, 1.82) is 0 Å². The fourth-order valence-electron chi connectivity index (χ4n) is 1.00. The van der Waals surface area contributed by atoms with Gasteiger partial charge in [0.25, 0.3) is 0 Å². The van der Waals surface area contributed by atoms with E-state index < -0.39 is 20.3 Å². The van der Waals surface area contributed by atoms with Crippen LogP contribution in [0.1, 0.15) is 40.0 Å². The second-order valence-electron chi connectivity index (χ2n) is 3.52. The lowest BCUT2D eigenvalue weighted by Crippen LogP contribution is -2.31. The Labute approximate surface area is 86.6 Å². The van der Waals surface area contributed by atoms with Gasteiger partial charge in [-0.15, -0.1) is 0 Å². The van der Waals surface area contributed by atoms with Crippen LogP contribution in [0.25, 0.3) is 0 Å². The summed E-state index contributed by atoms with van der Waals surface area (Å²) in [4.78, 5) is 20.2. The van der Waals surface area contributed by atoms with Crippen molar-refractivity contribution in [3.63, 3.8) is 0 Å². The highest BCUT2D eigenvalue weighted by molar-refractivity contribution is 7.50. The Bertz CT molecular complexity index is 177. The number of carboxylic acids is 1. The minimum absolute atomic E-state index is 0.159. The van der Waals surface area contributed by atoms with E-state index in [-0.39, 0.29) is 5.66 Å². The molecule has 3 N–H and O–H groups in total. The average molecular weight is 221 g/mol. The summed E-state index contributed by atoms with van der Waals surface area (Å²) in [7, 11) is -1.36. The van der Waals surface area contributed by atoms with Crippen LogP contribution in [-0.4, -0.2) is 27.7 Å². The van der Waals surface area contributed by atoms with Gasteiger partial charge < -0.3 is 10.00 Å². The molecule has 0 radical (unpaired) electrons. The monoisotopic (exact) mass is 221 g/mol. The molecule has 4 nitrogen and oxygen atoms in total. The predicted octanol–water partition coefficient (Wildman–Crippen LogP) is 1.93. The van der Waals surface area contributed by atoms with E-state index >= 15 is 0 Å². The molecule has 3 atom stereocenters. The smallest absolute Gasteiger partial charge is 0.320 e. The molecule has 0 aromatic rings. The molecule has 14 heavy (non-hydrogen) atoms. The van der Waals surface area contributed by atoms with Gasteiger partial charge in [0, 0.05) is 5.66 Å². The summed E-state index contributed by atoms with van der Waals surface area (Å²) in [5.74, 6) is -0.922. The van der Waals surface area contributed by atoms with E-state index in [9.17, 15) is 9.69 Å². The summed E-state index contributed by atoms with van der Waals surface area (Å²) in [6.45, 7) is 5.59. The number of unbranched alkanes of at least 4 members (excludes halogenated alkanes) is 1. The highest BCUT2D eigenvalue weighted by Gasteiger charge is 2.19. The lowest BCUT2D eigenvalue weighted by atomic mass is 10.2. The number of aliphatic carboxylic acids is 1. The third kappa shape index (κ3) is 5.53. The van der Waals surface area contributed by atoms with Gasteiger partial charge in [0.15, 0.2) is 0 Å². The van der Waals surface area contributed by atoms with E-state index in [0.717, 1.165) is 19.3 Å². The third-order valence-electron chi connectivity index (χ3n) is 2.09. The van der Waals surface area contributed by atoms with Crippen LogP contribution < -0.4 is 5.09 Å². The average Bonchev–Trinajstić information content (AvgIpc) is 2.13. The number of carbonyl (C=O) groups is 1. The van der Waals surface area contributed by atoms with Gasteiger partial charge in [0.2, 0.25) is 0 Å². The number of rotatable bonds is 7. The Balaban J connectivity index is 3.81. The summed E-state index contributed by atoms with van der Waals surface area (Å²) in [6.07, 6.45) is 3.11. The predicted molar refractivity (Wildman–Crippen MR) is 58.4 cm³/mol. The maximum atomic E-state index is 10.5. The molecule has 0 bridgehead atoms. The van der Waals surface area contributed by atoms with Gasteiger partial charge in [0.1, 0.15) is 14.3 Å². The molecule has 0 rings (SSSR count).